The van der Waals surface area contributed by atoms with Crippen LogP contribution in [-0.4, -0.2) is 9.38 Å². The van der Waals surface area contributed by atoms with E-state index < -0.39 is 0 Å². The summed E-state index contributed by atoms with van der Waals surface area (Å²) < 4.78 is 3.24. The van der Waals surface area contributed by atoms with Gasteiger partial charge in [-0.1, -0.05) is 69.3 Å². The molecule has 0 spiro atoms. The molecule has 0 fully saturated rings. The van der Waals surface area contributed by atoms with Gasteiger partial charge in [0.05, 0.1) is 11.2 Å². The fourth-order valence-corrected chi connectivity index (χ4v) is 5.38. The van der Waals surface area contributed by atoms with Gasteiger partial charge in [0.15, 0.2) is 0 Å². The highest BCUT2D eigenvalue weighted by molar-refractivity contribution is 9.10. The van der Waals surface area contributed by atoms with Gasteiger partial charge in [-0.05, 0) is 75.8 Å². The van der Waals surface area contributed by atoms with Crippen LogP contribution in [0.3, 0.4) is 0 Å². The van der Waals surface area contributed by atoms with E-state index in [4.69, 9.17) is 4.98 Å². The molecule has 5 rings (SSSR count). The van der Waals surface area contributed by atoms with Crippen LogP contribution in [0.15, 0.2) is 65.3 Å². The predicted molar refractivity (Wildman–Crippen MR) is 136 cm³/mol. The lowest BCUT2D eigenvalue weighted by molar-refractivity contribution is 0.411. The van der Waals surface area contributed by atoms with Gasteiger partial charge in [0.2, 0.25) is 0 Å². The summed E-state index contributed by atoms with van der Waals surface area (Å²) in [4.78, 5) is 5.01. The van der Waals surface area contributed by atoms with Crippen LogP contribution in [0, 0.1) is 19.3 Å². The minimum Gasteiger partial charge on any atom is -0.290 e. The minimum absolute atomic E-state index is 0.245. The summed E-state index contributed by atoms with van der Waals surface area (Å²) in [5.41, 5.74) is 8.70. The number of aromatic nitrogens is 2. The van der Waals surface area contributed by atoms with Crippen molar-refractivity contribution in [3.8, 4) is 11.3 Å². The number of hydrogen-bond acceptors (Lipinski definition) is 1. The van der Waals surface area contributed by atoms with E-state index in [0.717, 1.165) is 22.4 Å². The van der Waals surface area contributed by atoms with E-state index in [-0.39, 0.29) is 5.41 Å². The molecule has 5 aromatic rings. The largest absolute Gasteiger partial charge is 0.290 e. The molecule has 0 unspecified atom stereocenters. The number of imidazole rings is 1. The Morgan fingerprint density at radius 1 is 0.839 bits per heavy atom. The van der Waals surface area contributed by atoms with Crippen LogP contribution in [0.4, 0.5) is 0 Å². The van der Waals surface area contributed by atoms with Crippen LogP contribution < -0.4 is 0 Å². The van der Waals surface area contributed by atoms with E-state index in [2.05, 4.69) is 116 Å². The van der Waals surface area contributed by atoms with Crippen molar-refractivity contribution in [1.29, 1.82) is 0 Å². The molecule has 2 heterocycles. The molecule has 3 heteroatoms. The first-order valence-electron chi connectivity index (χ1n) is 10.8. The smallest absolute Gasteiger partial charge is 0.147 e. The zero-order chi connectivity index (χ0) is 21.9. The van der Waals surface area contributed by atoms with Crippen LogP contribution in [0.25, 0.3) is 38.6 Å². The maximum Gasteiger partial charge on any atom is 0.147 e. The second-order valence-electron chi connectivity index (χ2n) is 9.81. The summed E-state index contributed by atoms with van der Waals surface area (Å²) in [5, 5.41) is 3.72. The zero-order valence-electron chi connectivity index (χ0n) is 18.8. The van der Waals surface area contributed by atoms with Gasteiger partial charge in [0.25, 0.3) is 0 Å². The Morgan fingerprint density at radius 2 is 1.52 bits per heavy atom. The number of hydrogen-bond donors (Lipinski definition) is 0. The number of rotatable bonds is 2. The summed E-state index contributed by atoms with van der Waals surface area (Å²) in [7, 11) is 0. The average Bonchev–Trinajstić information content (AvgIpc) is 3.04. The molecule has 2 nitrogen and oxygen atoms in total. The maximum absolute atomic E-state index is 5.01. The van der Waals surface area contributed by atoms with Gasteiger partial charge < -0.3 is 0 Å². The van der Waals surface area contributed by atoms with Crippen molar-refractivity contribution < 1.29 is 0 Å². The molecule has 31 heavy (non-hydrogen) atoms. The lowest BCUT2D eigenvalue weighted by Crippen LogP contribution is -2.09. The summed E-state index contributed by atoms with van der Waals surface area (Å²) in [6.45, 7) is 11.2. The standard InChI is InChI=1S/C28H27BrN2/c1-17-9-8-10-18(2)24(17)25-26(29)30-27-21-12-7-6-11-20(21)22-15-19(16-28(3,4)5)13-14-23(22)31(25)27/h6-15H,16H2,1-5H3. The van der Waals surface area contributed by atoms with Crippen molar-refractivity contribution in [1.82, 2.24) is 9.38 Å². The predicted octanol–water partition coefficient (Wildman–Crippen LogP) is 8.28. The molecule has 0 aliphatic rings. The van der Waals surface area contributed by atoms with Crippen LogP contribution in [0.5, 0.6) is 0 Å². The summed E-state index contributed by atoms with van der Waals surface area (Å²) in [5.74, 6) is 0. The molecule has 0 N–H and O–H groups in total. The highest BCUT2D eigenvalue weighted by Crippen LogP contribution is 2.39. The molecule has 0 aliphatic carbocycles. The third kappa shape index (κ3) is 3.36. The van der Waals surface area contributed by atoms with Gasteiger partial charge in [0, 0.05) is 16.3 Å². The first kappa shape index (κ1) is 20.3. The average molecular weight is 471 g/mol. The van der Waals surface area contributed by atoms with Gasteiger partial charge in [0.1, 0.15) is 10.3 Å². The van der Waals surface area contributed by atoms with Crippen LogP contribution in [-0.2, 0) is 6.42 Å². The fraction of sp³-hybridized carbons (Fsp3) is 0.250. The Kier molecular flexibility index (Phi) is 4.71. The molecule has 156 valence electrons. The van der Waals surface area contributed by atoms with E-state index in [1.165, 1.54) is 43.9 Å². The summed E-state index contributed by atoms with van der Waals surface area (Å²) in [6.07, 6.45) is 1.05. The van der Waals surface area contributed by atoms with Gasteiger partial charge in [-0.15, -0.1) is 0 Å². The molecule has 0 bridgehead atoms. The lowest BCUT2D eigenvalue weighted by Gasteiger charge is -2.19. The number of fused-ring (bicyclic) bond motifs is 6. The van der Waals surface area contributed by atoms with E-state index >= 15 is 0 Å². The third-order valence-electron chi connectivity index (χ3n) is 6.05. The van der Waals surface area contributed by atoms with Gasteiger partial charge in [-0.3, -0.25) is 4.40 Å². The van der Waals surface area contributed by atoms with Gasteiger partial charge in [-0.2, -0.15) is 0 Å². The van der Waals surface area contributed by atoms with E-state index in [0.29, 0.717) is 0 Å². The lowest BCUT2D eigenvalue weighted by atomic mass is 9.87. The number of benzene rings is 3. The first-order chi connectivity index (χ1) is 14.7. The normalized spacial score (nSPS) is 12.3. The summed E-state index contributed by atoms with van der Waals surface area (Å²) in [6, 6.07) is 22.1. The quantitative estimate of drug-likeness (QED) is 0.237. The molecule has 0 saturated carbocycles. The highest BCUT2D eigenvalue weighted by atomic mass is 79.9. The second kappa shape index (κ2) is 7.20. The topological polar surface area (TPSA) is 17.3 Å². The molecular formula is C28H27BrN2. The van der Waals surface area contributed by atoms with E-state index in [1.807, 2.05) is 0 Å². The number of halogens is 1. The molecule has 3 aromatic carbocycles. The van der Waals surface area contributed by atoms with Crippen LogP contribution in [0.1, 0.15) is 37.5 Å². The Balaban J connectivity index is 1.96. The Labute approximate surface area is 192 Å². The molecule has 0 amide bonds. The minimum atomic E-state index is 0.245. The second-order valence-corrected chi connectivity index (χ2v) is 10.6. The Hall–Kier alpha value is -2.65. The fourth-order valence-electron chi connectivity index (χ4n) is 4.84. The molecule has 0 saturated heterocycles. The van der Waals surface area contributed by atoms with E-state index in [1.54, 1.807) is 0 Å². The zero-order valence-corrected chi connectivity index (χ0v) is 20.3. The maximum atomic E-state index is 5.01. The van der Waals surface area contributed by atoms with Crippen molar-refractivity contribution in [2.45, 2.75) is 41.0 Å². The molecule has 0 aliphatic heterocycles. The van der Waals surface area contributed by atoms with E-state index in [9.17, 15) is 0 Å². The summed E-state index contributed by atoms with van der Waals surface area (Å²) >= 11 is 3.81. The third-order valence-corrected chi connectivity index (χ3v) is 6.60. The highest BCUT2D eigenvalue weighted by Gasteiger charge is 2.21. The number of pyridine rings is 1. The van der Waals surface area contributed by atoms with Gasteiger partial charge >= 0.3 is 0 Å². The molecule has 2 aromatic heterocycles. The number of nitrogens with zero attached hydrogens (tertiary/aromatic N) is 2. The van der Waals surface area contributed by atoms with Crippen molar-refractivity contribution in [3.05, 3.63) is 82.0 Å². The monoisotopic (exact) mass is 470 g/mol. The van der Waals surface area contributed by atoms with Crippen molar-refractivity contribution in [2.24, 2.45) is 5.41 Å². The Bertz CT molecular complexity index is 1450. The molecule has 0 atom stereocenters. The molecule has 0 radical (unpaired) electrons. The van der Waals surface area contributed by atoms with Gasteiger partial charge in [-0.25, -0.2) is 4.98 Å². The SMILES string of the molecule is Cc1cccc(C)c1-c1c(Br)nc2c3ccccc3c3cc(CC(C)(C)C)ccc3n12. The Morgan fingerprint density at radius 3 is 2.19 bits per heavy atom. The van der Waals surface area contributed by atoms with Crippen molar-refractivity contribution >= 4 is 43.3 Å². The first-order valence-corrected chi connectivity index (χ1v) is 11.6. The van der Waals surface area contributed by atoms with Crippen LogP contribution >= 0.6 is 15.9 Å². The van der Waals surface area contributed by atoms with Crippen molar-refractivity contribution in [2.75, 3.05) is 0 Å². The molecular weight excluding hydrogens is 444 g/mol. The number of aryl methyl sites for hydroxylation is 2. The van der Waals surface area contributed by atoms with Crippen molar-refractivity contribution in [3.63, 3.8) is 0 Å². The van der Waals surface area contributed by atoms with Crippen LogP contribution in [0.2, 0.25) is 0 Å².